The normalized spacial score (nSPS) is 21.8. The zero-order valence-corrected chi connectivity index (χ0v) is 13.6. The summed E-state index contributed by atoms with van der Waals surface area (Å²) in [5.74, 6) is 0.0937. The Morgan fingerprint density at radius 2 is 2.18 bits per heavy atom. The van der Waals surface area contributed by atoms with Crippen LogP contribution in [0.3, 0.4) is 0 Å². The van der Waals surface area contributed by atoms with Crippen LogP contribution in [0.1, 0.15) is 40.0 Å². The number of hydrogen-bond donors (Lipinski definition) is 1. The maximum absolute atomic E-state index is 12.6. The topological polar surface area (TPSA) is 59.2 Å². The first-order chi connectivity index (χ1) is 10.6. The number of rotatable bonds is 3. The number of benzene rings is 1. The molecular formula is C17H21N3OS. The molecule has 1 amide bonds. The molecule has 2 heterocycles. The second-order valence-electron chi connectivity index (χ2n) is 5.91. The highest BCUT2D eigenvalue weighted by molar-refractivity contribution is 7.13. The van der Waals surface area contributed by atoms with Gasteiger partial charge in [-0.3, -0.25) is 4.79 Å². The van der Waals surface area contributed by atoms with Crippen LogP contribution in [0.15, 0.2) is 36.5 Å². The summed E-state index contributed by atoms with van der Waals surface area (Å²) >= 11 is 1.50. The van der Waals surface area contributed by atoms with E-state index in [0.29, 0.717) is 0 Å². The fourth-order valence-corrected chi connectivity index (χ4v) is 3.82. The van der Waals surface area contributed by atoms with E-state index in [1.54, 1.807) is 6.20 Å². The minimum absolute atomic E-state index is 0.0937. The third-order valence-electron chi connectivity index (χ3n) is 4.14. The van der Waals surface area contributed by atoms with Crippen LogP contribution in [0, 0.1) is 0 Å². The Morgan fingerprint density at radius 3 is 2.91 bits per heavy atom. The van der Waals surface area contributed by atoms with Gasteiger partial charge in [-0.05, 0) is 25.3 Å². The largest absolute Gasteiger partial charge is 0.335 e. The molecule has 0 saturated carbocycles. The zero-order valence-electron chi connectivity index (χ0n) is 12.7. The molecule has 0 radical (unpaired) electrons. The van der Waals surface area contributed by atoms with Crippen LogP contribution in [0.25, 0.3) is 0 Å². The molecule has 1 saturated heterocycles. The fourth-order valence-electron chi connectivity index (χ4n) is 2.91. The van der Waals surface area contributed by atoms with Gasteiger partial charge < -0.3 is 10.6 Å². The number of piperidine rings is 1. The number of nitrogens with zero attached hydrogens (tertiary/aromatic N) is 2. The van der Waals surface area contributed by atoms with Crippen LogP contribution in [0.5, 0.6) is 0 Å². The maximum Gasteiger partial charge on any atom is 0.265 e. The fraction of sp³-hybridized carbons (Fsp3) is 0.412. The van der Waals surface area contributed by atoms with Gasteiger partial charge in [-0.2, -0.15) is 0 Å². The van der Waals surface area contributed by atoms with Crippen molar-refractivity contribution in [1.29, 1.82) is 0 Å². The minimum atomic E-state index is 0.0937. The number of carbonyl (C=O) groups is 1. The van der Waals surface area contributed by atoms with Crippen molar-refractivity contribution >= 4 is 17.2 Å². The molecule has 0 spiro atoms. The summed E-state index contributed by atoms with van der Waals surface area (Å²) in [6, 6.07) is 10.6. The first kappa shape index (κ1) is 15.2. The van der Waals surface area contributed by atoms with E-state index in [0.717, 1.165) is 35.7 Å². The molecular weight excluding hydrogens is 294 g/mol. The van der Waals surface area contributed by atoms with Crippen molar-refractivity contribution < 1.29 is 4.79 Å². The highest BCUT2D eigenvalue weighted by atomic mass is 32.1. The summed E-state index contributed by atoms with van der Waals surface area (Å²) in [5.41, 5.74) is 7.18. The summed E-state index contributed by atoms with van der Waals surface area (Å²) in [6.45, 7) is 2.82. The molecule has 116 valence electrons. The van der Waals surface area contributed by atoms with E-state index in [2.05, 4.69) is 24.0 Å². The highest BCUT2D eigenvalue weighted by Gasteiger charge is 2.28. The van der Waals surface area contributed by atoms with Gasteiger partial charge in [0.15, 0.2) is 0 Å². The van der Waals surface area contributed by atoms with Crippen molar-refractivity contribution in [3.63, 3.8) is 0 Å². The number of nitrogens with two attached hydrogens (primary N) is 1. The molecule has 0 unspecified atom stereocenters. The number of hydrogen-bond acceptors (Lipinski definition) is 4. The molecule has 1 aliphatic rings. The van der Waals surface area contributed by atoms with E-state index in [9.17, 15) is 4.79 Å². The Morgan fingerprint density at radius 1 is 1.41 bits per heavy atom. The molecule has 2 aromatic rings. The van der Waals surface area contributed by atoms with Gasteiger partial charge in [-0.15, -0.1) is 11.3 Å². The molecule has 3 rings (SSSR count). The van der Waals surface area contributed by atoms with Gasteiger partial charge >= 0.3 is 0 Å². The number of likely N-dealkylation sites (tertiary alicyclic amines) is 1. The molecule has 2 N–H and O–H groups in total. The molecule has 4 nitrogen and oxygen atoms in total. The van der Waals surface area contributed by atoms with E-state index in [-0.39, 0.29) is 18.0 Å². The standard InChI is InChI=1S/C17H21N3OS/c1-12-9-14(18)7-8-20(12)17(21)15-11-19-16(22-15)10-13-5-3-2-4-6-13/h2-6,11-12,14H,7-10,18H2,1H3/t12-,14+/m1/s1. The molecule has 1 aliphatic heterocycles. The van der Waals surface area contributed by atoms with Gasteiger partial charge in [0.1, 0.15) is 4.88 Å². The van der Waals surface area contributed by atoms with Crippen LogP contribution in [-0.4, -0.2) is 34.4 Å². The lowest BCUT2D eigenvalue weighted by Crippen LogP contribution is -2.48. The van der Waals surface area contributed by atoms with Crippen molar-refractivity contribution in [3.05, 3.63) is 52.0 Å². The molecule has 1 aromatic carbocycles. The Hall–Kier alpha value is -1.72. The van der Waals surface area contributed by atoms with E-state index < -0.39 is 0 Å². The molecule has 22 heavy (non-hydrogen) atoms. The summed E-state index contributed by atoms with van der Waals surface area (Å²) in [7, 11) is 0. The predicted molar refractivity (Wildman–Crippen MR) is 89.1 cm³/mol. The molecule has 5 heteroatoms. The van der Waals surface area contributed by atoms with Gasteiger partial charge in [-0.1, -0.05) is 30.3 Å². The first-order valence-electron chi connectivity index (χ1n) is 7.68. The number of thiazole rings is 1. The maximum atomic E-state index is 12.6. The summed E-state index contributed by atoms with van der Waals surface area (Å²) in [4.78, 5) is 19.7. The van der Waals surface area contributed by atoms with Gasteiger partial charge in [-0.25, -0.2) is 4.98 Å². The predicted octanol–water partition coefficient (Wildman–Crippen LogP) is 2.69. The van der Waals surface area contributed by atoms with E-state index in [4.69, 9.17) is 5.73 Å². The lowest BCUT2D eigenvalue weighted by atomic mass is 9.99. The molecule has 1 fully saturated rings. The Balaban J connectivity index is 1.69. The monoisotopic (exact) mass is 315 g/mol. The van der Waals surface area contributed by atoms with Crippen LogP contribution in [0.2, 0.25) is 0 Å². The van der Waals surface area contributed by atoms with Crippen LogP contribution in [0.4, 0.5) is 0 Å². The zero-order chi connectivity index (χ0) is 15.5. The first-order valence-corrected chi connectivity index (χ1v) is 8.50. The van der Waals surface area contributed by atoms with Crippen molar-refractivity contribution in [2.45, 2.75) is 38.3 Å². The van der Waals surface area contributed by atoms with E-state index >= 15 is 0 Å². The summed E-state index contributed by atoms with van der Waals surface area (Å²) in [6.07, 6.45) is 4.25. The Bertz CT molecular complexity index is 640. The van der Waals surface area contributed by atoms with Crippen molar-refractivity contribution in [1.82, 2.24) is 9.88 Å². The van der Waals surface area contributed by atoms with Crippen LogP contribution >= 0.6 is 11.3 Å². The highest BCUT2D eigenvalue weighted by Crippen LogP contribution is 2.23. The van der Waals surface area contributed by atoms with E-state index in [1.807, 2.05) is 23.1 Å². The van der Waals surface area contributed by atoms with Gasteiger partial charge in [0, 0.05) is 25.0 Å². The average Bonchev–Trinajstić information content (AvgIpc) is 2.96. The lowest BCUT2D eigenvalue weighted by molar-refractivity contribution is 0.0624. The Kier molecular flexibility index (Phi) is 4.55. The molecule has 0 bridgehead atoms. The second kappa shape index (κ2) is 6.58. The second-order valence-corrected chi connectivity index (χ2v) is 7.03. The molecule has 2 atom stereocenters. The average molecular weight is 315 g/mol. The van der Waals surface area contributed by atoms with Crippen LogP contribution in [-0.2, 0) is 6.42 Å². The van der Waals surface area contributed by atoms with Crippen molar-refractivity contribution in [2.24, 2.45) is 5.73 Å². The molecule has 1 aromatic heterocycles. The third-order valence-corrected chi connectivity index (χ3v) is 5.13. The van der Waals surface area contributed by atoms with Gasteiger partial charge in [0.2, 0.25) is 0 Å². The SMILES string of the molecule is C[C@@H]1C[C@@H](N)CCN1C(=O)c1cnc(Cc2ccccc2)s1. The smallest absolute Gasteiger partial charge is 0.265 e. The number of carbonyl (C=O) groups excluding carboxylic acids is 1. The Labute approximate surface area is 135 Å². The van der Waals surface area contributed by atoms with E-state index in [1.165, 1.54) is 16.9 Å². The van der Waals surface area contributed by atoms with Gasteiger partial charge in [0.05, 0.1) is 11.2 Å². The van der Waals surface area contributed by atoms with Crippen LogP contribution < -0.4 is 5.73 Å². The summed E-state index contributed by atoms with van der Waals surface area (Å²) in [5, 5.41) is 0.982. The van der Waals surface area contributed by atoms with Crippen molar-refractivity contribution in [2.75, 3.05) is 6.54 Å². The van der Waals surface area contributed by atoms with Gasteiger partial charge in [0.25, 0.3) is 5.91 Å². The lowest BCUT2D eigenvalue weighted by Gasteiger charge is -2.36. The number of aromatic nitrogens is 1. The summed E-state index contributed by atoms with van der Waals surface area (Å²) < 4.78 is 0. The minimum Gasteiger partial charge on any atom is -0.335 e. The van der Waals surface area contributed by atoms with Crippen molar-refractivity contribution in [3.8, 4) is 0 Å². The molecule has 0 aliphatic carbocycles. The third kappa shape index (κ3) is 3.36. The number of amides is 1. The quantitative estimate of drug-likeness (QED) is 0.947.